The van der Waals surface area contributed by atoms with E-state index in [1.54, 1.807) is 5.48 Å². The maximum Gasteiger partial charge on any atom is 0.243 e. The lowest BCUT2D eigenvalue weighted by atomic mass is 9.91. The number of unbranched alkanes of at least 4 members (excludes halogenated alkanes) is 3. The van der Waals surface area contributed by atoms with E-state index in [1.807, 2.05) is 12.1 Å². The Balaban J connectivity index is 1.40. The van der Waals surface area contributed by atoms with E-state index >= 15 is 0 Å². The number of ketones is 1. The quantitative estimate of drug-likeness (QED) is 0.255. The fraction of sp³-hybridized carbons (Fsp3) is 0.520. The maximum absolute atomic E-state index is 12.4. The summed E-state index contributed by atoms with van der Waals surface area (Å²) in [5, 5.41) is 8.46. The van der Waals surface area contributed by atoms with Gasteiger partial charge in [0.2, 0.25) is 5.91 Å². The third kappa shape index (κ3) is 6.52. The van der Waals surface area contributed by atoms with Crippen molar-refractivity contribution in [1.82, 2.24) is 10.4 Å². The van der Waals surface area contributed by atoms with Crippen LogP contribution in [0.3, 0.4) is 0 Å². The van der Waals surface area contributed by atoms with Crippen LogP contribution >= 0.6 is 0 Å². The van der Waals surface area contributed by atoms with Gasteiger partial charge >= 0.3 is 0 Å². The van der Waals surface area contributed by atoms with Crippen LogP contribution in [0.15, 0.2) is 48.6 Å². The van der Waals surface area contributed by atoms with Crippen molar-refractivity contribution in [2.24, 2.45) is 0 Å². The van der Waals surface area contributed by atoms with Crippen molar-refractivity contribution < 1.29 is 14.8 Å². The number of hydrogen-bond acceptors (Lipinski definition) is 5. The molecule has 0 radical (unpaired) electrons. The van der Waals surface area contributed by atoms with E-state index in [4.69, 9.17) is 5.21 Å². The molecule has 1 aromatic rings. The van der Waals surface area contributed by atoms with E-state index in [0.717, 1.165) is 63.8 Å². The second kappa shape index (κ2) is 11.3. The second-order valence-corrected chi connectivity index (χ2v) is 8.74. The smallest absolute Gasteiger partial charge is 0.243 e. The van der Waals surface area contributed by atoms with E-state index in [1.165, 1.54) is 5.69 Å². The molecule has 0 saturated carbocycles. The summed E-state index contributed by atoms with van der Waals surface area (Å²) >= 11 is 0. The molecule has 6 heteroatoms. The van der Waals surface area contributed by atoms with Crippen LogP contribution in [0, 0.1) is 0 Å². The Labute approximate surface area is 185 Å². The zero-order valence-corrected chi connectivity index (χ0v) is 18.6. The van der Waals surface area contributed by atoms with Crippen molar-refractivity contribution in [1.29, 1.82) is 0 Å². The van der Waals surface area contributed by atoms with Gasteiger partial charge in [0, 0.05) is 55.8 Å². The van der Waals surface area contributed by atoms with Gasteiger partial charge in [-0.25, -0.2) is 5.48 Å². The number of allylic oxidation sites excluding steroid dienone is 2. The van der Waals surface area contributed by atoms with Gasteiger partial charge in [0.15, 0.2) is 5.78 Å². The predicted molar refractivity (Wildman–Crippen MR) is 123 cm³/mol. The minimum Gasteiger partial charge on any atom is -0.369 e. The molecule has 1 fully saturated rings. The molecular weight excluding hydrogens is 390 g/mol. The lowest BCUT2D eigenvalue weighted by Gasteiger charge is -2.45. The second-order valence-electron chi connectivity index (χ2n) is 8.74. The number of Topliss-reactive ketones (excluding diaryl/α,β-unsaturated/α-hetero) is 1. The first kappa shape index (κ1) is 23.2. The molecular formula is C25H35N3O3. The van der Waals surface area contributed by atoms with Gasteiger partial charge in [-0.15, -0.1) is 0 Å². The Morgan fingerprint density at radius 3 is 2.26 bits per heavy atom. The lowest BCUT2D eigenvalue weighted by molar-refractivity contribution is -0.129. The highest BCUT2D eigenvalue weighted by Gasteiger charge is 2.31. The first-order valence-corrected chi connectivity index (χ1v) is 11.4. The molecule has 0 aromatic heterocycles. The van der Waals surface area contributed by atoms with Crippen LogP contribution < -0.4 is 10.4 Å². The Bertz CT molecular complexity index is 795. The number of carbonyl (C=O) groups is 2. The average molecular weight is 426 g/mol. The third-order valence-corrected chi connectivity index (χ3v) is 6.47. The summed E-state index contributed by atoms with van der Waals surface area (Å²) in [6, 6.07) is 8.04. The first-order valence-electron chi connectivity index (χ1n) is 11.4. The van der Waals surface area contributed by atoms with Crippen LogP contribution in [0.4, 0.5) is 5.69 Å². The molecule has 1 saturated heterocycles. The summed E-state index contributed by atoms with van der Waals surface area (Å²) < 4.78 is 0. The summed E-state index contributed by atoms with van der Waals surface area (Å²) in [6.45, 7) is 6.38. The number of piperazine rings is 1. The normalized spacial score (nSPS) is 21.3. The molecule has 1 unspecified atom stereocenters. The standard InChI is InChI=1S/C25H35N3O3/c1-25(15-7-4-8-16-25)28-19-17-27(18-20-28)22-13-11-21(12-14-22)23(29)9-5-2-3-6-10-24(30)26-31/h4,7-8,11-15,31H,2-3,5-6,9-10,16-20H2,1H3,(H,26,30). The number of nitrogens with zero attached hydrogens (tertiary/aromatic N) is 2. The zero-order chi connectivity index (χ0) is 22.1. The van der Waals surface area contributed by atoms with Crippen molar-refractivity contribution in [3.05, 3.63) is 54.1 Å². The van der Waals surface area contributed by atoms with Crippen molar-refractivity contribution in [3.63, 3.8) is 0 Å². The van der Waals surface area contributed by atoms with Gasteiger partial charge in [-0.05, 0) is 50.5 Å². The van der Waals surface area contributed by atoms with Crippen LogP contribution in [-0.2, 0) is 4.79 Å². The molecule has 1 aliphatic carbocycles. The van der Waals surface area contributed by atoms with Crippen LogP contribution in [0.25, 0.3) is 0 Å². The Morgan fingerprint density at radius 2 is 1.65 bits per heavy atom. The van der Waals surface area contributed by atoms with Gasteiger partial charge in [0.1, 0.15) is 0 Å². The Hall–Kier alpha value is -2.44. The number of nitrogens with one attached hydrogen (secondary N) is 1. The molecule has 2 N–H and O–H groups in total. The van der Waals surface area contributed by atoms with Crippen molar-refractivity contribution in [2.45, 2.75) is 57.4 Å². The molecule has 6 nitrogen and oxygen atoms in total. The van der Waals surface area contributed by atoms with Crippen LogP contribution in [0.1, 0.15) is 62.2 Å². The molecule has 1 aromatic carbocycles. The molecule has 1 aliphatic heterocycles. The fourth-order valence-electron chi connectivity index (χ4n) is 4.41. The highest BCUT2D eigenvalue weighted by Crippen LogP contribution is 2.27. The summed E-state index contributed by atoms with van der Waals surface area (Å²) in [5.74, 6) is -0.177. The van der Waals surface area contributed by atoms with E-state index in [9.17, 15) is 9.59 Å². The zero-order valence-electron chi connectivity index (χ0n) is 18.6. The molecule has 168 valence electrons. The van der Waals surface area contributed by atoms with Gasteiger partial charge in [-0.3, -0.25) is 19.7 Å². The number of amides is 1. The maximum atomic E-state index is 12.4. The highest BCUT2D eigenvalue weighted by atomic mass is 16.5. The minimum atomic E-state index is -0.352. The summed E-state index contributed by atoms with van der Waals surface area (Å²) in [5.41, 5.74) is 3.72. The SMILES string of the molecule is CC1(N2CCN(c3ccc(C(=O)CCCCCCC(=O)NO)cc3)CC2)C=CC=CC1. The predicted octanol–water partition coefficient (Wildman–Crippen LogP) is 4.11. The Kier molecular flexibility index (Phi) is 8.43. The molecule has 2 aliphatic rings. The highest BCUT2D eigenvalue weighted by molar-refractivity contribution is 5.96. The van der Waals surface area contributed by atoms with Crippen LogP contribution in [0.5, 0.6) is 0 Å². The third-order valence-electron chi connectivity index (χ3n) is 6.47. The molecule has 0 bridgehead atoms. The topological polar surface area (TPSA) is 72.9 Å². The molecule has 3 rings (SSSR count). The number of rotatable bonds is 10. The molecule has 1 atom stereocenters. The van der Waals surface area contributed by atoms with Gasteiger partial charge in [0.05, 0.1) is 0 Å². The summed E-state index contributed by atoms with van der Waals surface area (Å²) in [6.07, 6.45) is 14.1. The number of carbonyl (C=O) groups excluding carboxylic acids is 2. The minimum absolute atomic E-state index is 0.127. The van der Waals surface area contributed by atoms with E-state index in [-0.39, 0.29) is 17.2 Å². The van der Waals surface area contributed by atoms with E-state index in [2.05, 4.69) is 53.2 Å². The van der Waals surface area contributed by atoms with Crippen molar-refractivity contribution >= 4 is 17.4 Å². The fourth-order valence-corrected chi connectivity index (χ4v) is 4.41. The largest absolute Gasteiger partial charge is 0.369 e. The summed E-state index contributed by atoms with van der Waals surface area (Å²) in [7, 11) is 0. The van der Waals surface area contributed by atoms with Crippen molar-refractivity contribution in [2.75, 3.05) is 31.1 Å². The number of anilines is 1. The van der Waals surface area contributed by atoms with E-state index < -0.39 is 0 Å². The van der Waals surface area contributed by atoms with Gasteiger partial charge < -0.3 is 4.90 Å². The van der Waals surface area contributed by atoms with Gasteiger partial charge in [-0.2, -0.15) is 0 Å². The molecule has 31 heavy (non-hydrogen) atoms. The molecule has 1 amide bonds. The van der Waals surface area contributed by atoms with Crippen LogP contribution in [-0.4, -0.2) is 53.5 Å². The number of hydrogen-bond donors (Lipinski definition) is 2. The monoisotopic (exact) mass is 425 g/mol. The molecule has 1 heterocycles. The lowest BCUT2D eigenvalue weighted by Crippen LogP contribution is -2.55. The number of hydroxylamine groups is 1. The van der Waals surface area contributed by atoms with E-state index in [0.29, 0.717) is 12.8 Å². The molecule has 0 spiro atoms. The van der Waals surface area contributed by atoms with Gasteiger partial charge in [0.25, 0.3) is 0 Å². The Morgan fingerprint density at radius 1 is 0.968 bits per heavy atom. The van der Waals surface area contributed by atoms with Crippen LogP contribution in [0.2, 0.25) is 0 Å². The number of benzene rings is 1. The average Bonchev–Trinajstić information content (AvgIpc) is 2.81. The first-order chi connectivity index (χ1) is 15.0. The van der Waals surface area contributed by atoms with Crippen molar-refractivity contribution in [3.8, 4) is 0 Å². The van der Waals surface area contributed by atoms with Gasteiger partial charge in [-0.1, -0.05) is 37.1 Å². The summed E-state index contributed by atoms with van der Waals surface area (Å²) in [4.78, 5) is 28.4.